The number of ether oxygens (including phenoxy) is 1. The number of rotatable bonds is 8. The van der Waals surface area contributed by atoms with Gasteiger partial charge in [0.1, 0.15) is 24.5 Å². The van der Waals surface area contributed by atoms with Crippen molar-refractivity contribution in [1.82, 2.24) is 14.8 Å². The third kappa shape index (κ3) is 5.33. The molecule has 2 aromatic heterocycles. The first kappa shape index (κ1) is 22.0. The molecule has 0 spiro atoms. The Bertz CT molecular complexity index is 1320. The Kier molecular flexibility index (Phi) is 6.31. The molecule has 10 nitrogen and oxygen atoms in total. The number of nitro groups is 1. The Labute approximate surface area is 190 Å². The van der Waals surface area contributed by atoms with Gasteiger partial charge in [0, 0.05) is 11.1 Å². The number of furan rings is 1. The third-order valence-electron chi connectivity index (χ3n) is 4.43. The molecule has 0 aliphatic heterocycles. The highest BCUT2D eigenvalue weighted by molar-refractivity contribution is 6.31. The van der Waals surface area contributed by atoms with Crippen LogP contribution in [0.1, 0.15) is 21.9 Å². The van der Waals surface area contributed by atoms with Crippen molar-refractivity contribution in [3.8, 4) is 5.75 Å². The lowest BCUT2D eigenvalue weighted by Gasteiger charge is -2.04. The summed E-state index contributed by atoms with van der Waals surface area (Å²) in [5.41, 5.74) is 0.459. The van der Waals surface area contributed by atoms with Crippen molar-refractivity contribution in [3.05, 3.63) is 99.0 Å². The Hall–Kier alpha value is -4.25. The summed E-state index contributed by atoms with van der Waals surface area (Å²) in [6.45, 7) is 0.124. The molecule has 0 saturated carbocycles. The zero-order valence-electron chi connectivity index (χ0n) is 16.8. The summed E-state index contributed by atoms with van der Waals surface area (Å²) in [6.07, 6.45) is 1.39. The standard InChI is InChI=1S/C21H15ClFN5O5/c22-16-9-14(23)6-5-13(16)10-27-12-24-21(26-27)25-20(29)19-8-7-15(33-19)11-32-18-4-2-1-3-17(18)28(30)31/h1-9,12H,10-11H2,(H,25,26,29). The van der Waals surface area contributed by atoms with Crippen molar-refractivity contribution in [1.29, 1.82) is 0 Å². The van der Waals surface area contributed by atoms with Gasteiger partial charge in [-0.25, -0.2) is 14.1 Å². The van der Waals surface area contributed by atoms with Crippen LogP contribution in [0.3, 0.4) is 0 Å². The number of nitrogens with zero attached hydrogens (tertiary/aromatic N) is 4. The maximum absolute atomic E-state index is 13.2. The first-order chi connectivity index (χ1) is 15.9. The number of carbonyl (C=O) groups excluding carboxylic acids is 1. The largest absolute Gasteiger partial charge is 0.479 e. The summed E-state index contributed by atoms with van der Waals surface area (Å²) in [7, 11) is 0. The van der Waals surface area contributed by atoms with Gasteiger partial charge in [0.2, 0.25) is 5.95 Å². The number of hydrogen-bond donors (Lipinski definition) is 1. The highest BCUT2D eigenvalue weighted by Gasteiger charge is 2.17. The molecule has 4 aromatic rings. The van der Waals surface area contributed by atoms with Gasteiger partial charge in [0.05, 0.1) is 11.5 Å². The number of hydrogen-bond acceptors (Lipinski definition) is 7. The van der Waals surface area contributed by atoms with Crippen LogP contribution < -0.4 is 10.1 Å². The predicted molar refractivity (Wildman–Crippen MR) is 115 cm³/mol. The van der Waals surface area contributed by atoms with Crippen LogP contribution in [0.25, 0.3) is 0 Å². The van der Waals surface area contributed by atoms with Gasteiger partial charge in [-0.1, -0.05) is 29.8 Å². The molecule has 0 saturated heterocycles. The van der Waals surface area contributed by atoms with E-state index in [1.165, 1.54) is 59.5 Å². The number of halogens is 2. The van der Waals surface area contributed by atoms with E-state index in [-0.39, 0.29) is 41.3 Å². The third-order valence-corrected chi connectivity index (χ3v) is 4.78. The smallest absolute Gasteiger partial charge is 0.310 e. The summed E-state index contributed by atoms with van der Waals surface area (Å²) in [5.74, 6) is -0.643. The molecular weight excluding hydrogens is 457 g/mol. The summed E-state index contributed by atoms with van der Waals surface area (Å²) in [6, 6.07) is 12.9. The van der Waals surface area contributed by atoms with Gasteiger partial charge in [0.25, 0.3) is 5.91 Å². The number of para-hydroxylation sites is 2. The molecule has 0 aliphatic carbocycles. The molecule has 168 valence electrons. The molecule has 33 heavy (non-hydrogen) atoms. The highest BCUT2D eigenvalue weighted by atomic mass is 35.5. The molecule has 12 heteroatoms. The number of aromatic nitrogens is 3. The van der Waals surface area contributed by atoms with E-state index >= 15 is 0 Å². The van der Waals surface area contributed by atoms with Crippen LogP contribution in [0.2, 0.25) is 5.02 Å². The van der Waals surface area contributed by atoms with Crippen LogP contribution in [0, 0.1) is 15.9 Å². The summed E-state index contributed by atoms with van der Waals surface area (Å²) < 4.78 is 25.5. The number of anilines is 1. The number of amides is 1. The molecule has 2 aromatic carbocycles. The minimum absolute atomic E-state index is 0.0194. The second kappa shape index (κ2) is 9.49. The molecular formula is C21H15ClFN5O5. The first-order valence-corrected chi connectivity index (χ1v) is 9.86. The fraction of sp³-hybridized carbons (Fsp3) is 0.0952. The minimum Gasteiger partial charge on any atom is -0.479 e. The Morgan fingerprint density at radius 3 is 2.85 bits per heavy atom. The SMILES string of the molecule is O=C(Nc1ncn(Cc2ccc(F)cc2Cl)n1)c1ccc(COc2ccccc2[N+](=O)[O-])o1. The molecule has 1 amide bonds. The summed E-state index contributed by atoms with van der Waals surface area (Å²) in [4.78, 5) is 26.9. The van der Waals surface area contributed by atoms with Gasteiger partial charge in [-0.05, 0) is 35.9 Å². The van der Waals surface area contributed by atoms with Crippen LogP contribution >= 0.6 is 11.6 Å². The van der Waals surface area contributed by atoms with Gasteiger partial charge in [0.15, 0.2) is 11.5 Å². The molecule has 0 aliphatic rings. The lowest BCUT2D eigenvalue weighted by molar-refractivity contribution is -0.386. The van der Waals surface area contributed by atoms with Gasteiger partial charge < -0.3 is 9.15 Å². The molecule has 0 radical (unpaired) electrons. The first-order valence-electron chi connectivity index (χ1n) is 9.48. The van der Waals surface area contributed by atoms with Crippen molar-refractivity contribution in [3.63, 3.8) is 0 Å². The van der Waals surface area contributed by atoms with Crippen LogP contribution in [-0.2, 0) is 13.2 Å². The zero-order chi connectivity index (χ0) is 23.4. The van der Waals surface area contributed by atoms with Crippen molar-refractivity contribution in [2.24, 2.45) is 0 Å². The van der Waals surface area contributed by atoms with E-state index in [4.69, 9.17) is 20.8 Å². The molecule has 0 bridgehead atoms. The molecule has 0 unspecified atom stereocenters. The van der Waals surface area contributed by atoms with Gasteiger partial charge in [-0.15, -0.1) is 5.10 Å². The van der Waals surface area contributed by atoms with E-state index in [9.17, 15) is 19.3 Å². The van der Waals surface area contributed by atoms with Crippen molar-refractivity contribution in [2.45, 2.75) is 13.2 Å². The van der Waals surface area contributed by atoms with Crippen LogP contribution in [-0.4, -0.2) is 25.6 Å². The number of carbonyl (C=O) groups is 1. The van der Waals surface area contributed by atoms with Crippen molar-refractivity contribution < 1.29 is 23.3 Å². The van der Waals surface area contributed by atoms with E-state index in [0.29, 0.717) is 11.3 Å². The van der Waals surface area contributed by atoms with E-state index in [1.807, 2.05) is 0 Å². The predicted octanol–water partition coefficient (Wildman–Crippen LogP) is 4.45. The topological polar surface area (TPSA) is 125 Å². The zero-order valence-corrected chi connectivity index (χ0v) is 17.5. The molecule has 0 fully saturated rings. The molecule has 0 atom stereocenters. The van der Waals surface area contributed by atoms with E-state index in [2.05, 4.69) is 15.4 Å². The van der Waals surface area contributed by atoms with Gasteiger partial charge in [-0.3, -0.25) is 20.2 Å². The summed E-state index contributed by atoms with van der Waals surface area (Å²) >= 11 is 6.01. The monoisotopic (exact) mass is 471 g/mol. The fourth-order valence-corrected chi connectivity index (χ4v) is 3.10. The lowest BCUT2D eigenvalue weighted by atomic mass is 10.2. The number of benzene rings is 2. The normalized spacial score (nSPS) is 10.7. The molecule has 2 heterocycles. The Morgan fingerprint density at radius 1 is 1.24 bits per heavy atom. The van der Waals surface area contributed by atoms with Crippen molar-refractivity contribution >= 4 is 29.1 Å². The van der Waals surface area contributed by atoms with Crippen LogP contribution in [0.5, 0.6) is 5.75 Å². The highest BCUT2D eigenvalue weighted by Crippen LogP contribution is 2.27. The lowest BCUT2D eigenvalue weighted by Crippen LogP contribution is -2.12. The van der Waals surface area contributed by atoms with Gasteiger partial charge >= 0.3 is 5.69 Å². The second-order valence-electron chi connectivity index (χ2n) is 6.74. The number of nitrogens with one attached hydrogen (secondary N) is 1. The number of nitro benzene ring substituents is 1. The summed E-state index contributed by atoms with van der Waals surface area (Å²) in [5, 5.41) is 17.9. The fourth-order valence-electron chi connectivity index (χ4n) is 2.87. The minimum atomic E-state index is -0.593. The molecule has 4 rings (SSSR count). The van der Waals surface area contributed by atoms with Crippen molar-refractivity contribution in [2.75, 3.05) is 5.32 Å². The second-order valence-corrected chi connectivity index (χ2v) is 7.14. The average Bonchev–Trinajstić information content (AvgIpc) is 3.44. The quantitative estimate of drug-likeness (QED) is 0.297. The van der Waals surface area contributed by atoms with E-state index in [0.717, 1.165) is 0 Å². The van der Waals surface area contributed by atoms with E-state index in [1.54, 1.807) is 6.07 Å². The Balaban J connectivity index is 1.36. The maximum Gasteiger partial charge on any atom is 0.310 e. The maximum atomic E-state index is 13.2. The average molecular weight is 472 g/mol. The van der Waals surface area contributed by atoms with E-state index < -0.39 is 16.6 Å². The Morgan fingerprint density at radius 2 is 2.06 bits per heavy atom. The van der Waals surface area contributed by atoms with Crippen LogP contribution in [0.15, 0.2) is 65.3 Å². The van der Waals surface area contributed by atoms with Gasteiger partial charge in [-0.2, -0.15) is 0 Å². The van der Waals surface area contributed by atoms with Crippen LogP contribution in [0.4, 0.5) is 16.0 Å². The molecule has 1 N–H and O–H groups in total.